The number of benzene rings is 1. The first kappa shape index (κ1) is 18.2. The Bertz CT molecular complexity index is 761. The Morgan fingerprint density at radius 1 is 1.35 bits per heavy atom. The zero-order valence-electron chi connectivity index (χ0n) is 14.0. The van der Waals surface area contributed by atoms with E-state index in [4.69, 9.17) is 0 Å². The molecule has 1 aromatic rings. The molecule has 1 aliphatic carbocycles. The van der Waals surface area contributed by atoms with Crippen LogP contribution in [0.3, 0.4) is 0 Å². The number of rotatable bonds is 5. The molecule has 1 aliphatic heterocycles. The highest BCUT2D eigenvalue weighted by atomic mass is 19.4. The summed E-state index contributed by atoms with van der Waals surface area (Å²) in [6, 6.07) is 3.96. The van der Waals surface area contributed by atoms with E-state index in [1.54, 1.807) is 6.92 Å². The minimum absolute atomic E-state index is 0.0807. The van der Waals surface area contributed by atoms with Gasteiger partial charge in [-0.25, -0.2) is 4.79 Å². The number of hydrogen-bond donors (Lipinski definition) is 2. The number of urea groups is 1. The molecule has 6 nitrogen and oxygen atoms in total. The maximum Gasteiger partial charge on any atom is 0.416 e. The van der Waals surface area contributed by atoms with Crippen molar-refractivity contribution in [3.63, 3.8) is 0 Å². The normalized spacial score (nSPS) is 23.2. The van der Waals surface area contributed by atoms with Crippen molar-refractivity contribution in [3.8, 4) is 0 Å². The fourth-order valence-corrected chi connectivity index (χ4v) is 3.05. The van der Waals surface area contributed by atoms with Gasteiger partial charge in [-0.3, -0.25) is 14.5 Å². The fourth-order valence-electron chi connectivity index (χ4n) is 3.05. The maximum atomic E-state index is 12.7. The zero-order chi connectivity index (χ0) is 19.1. The number of nitrogens with one attached hydrogen (secondary N) is 2. The molecule has 1 atom stereocenters. The topological polar surface area (TPSA) is 78.5 Å². The zero-order valence-corrected chi connectivity index (χ0v) is 14.0. The van der Waals surface area contributed by atoms with Crippen molar-refractivity contribution in [2.75, 3.05) is 6.54 Å². The van der Waals surface area contributed by atoms with Gasteiger partial charge in [-0.2, -0.15) is 13.2 Å². The van der Waals surface area contributed by atoms with Gasteiger partial charge in [-0.05, 0) is 43.4 Å². The number of nitrogens with zero attached hydrogens (tertiary/aromatic N) is 1. The van der Waals surface area contributed by atoms with Gasteiger partial charge in [0, 0.05) is 6.54 Å². The quantitative estimate of drug-likeness (QED) is 0.780. The number of hydrogen-bond acceptors (Lipinski definition) is 3. The lowest BCUT2D eigenvalue weighted by Crippen LogP contribution is -2.46. The SMILES string of the molecule is CC1(C2CC2)NC(=O)N(CC(=O)NCc2cccc(C(F)(F)F)c2)C1=O. The van der Waals surface area contributed by atoms with Crippen LogP contribution in [0.4, 0.5) is 18.0 Å². The van der Waals surface area contributed by atoms with Crippen molar-refractivity contribution in [1.29, 1.82) is 0 Å². The van der Waals surface area contributed by atoms with Crippen LogP contribution in [0.2, 0.25) is 0 Å². The highest BCUT2D eigenvalue weighted by Gasteiger charge is 2.56. The number of carbonyl (C=O) groups excluding carboxylic acids is 3. The third-order valence-electron chi connectivity index (χ3n) is 4.74. The lowest BCUT2D eigenvalue weighted by molar-refractivity contribution is -0.137. The van der Waals surface area contributed by atoms with Crippen molar-refractivity contribution in [1.82, 2.24) is 15.5 Å². The van der Waals surface area contributed by atoms with Crippen LogP contribution in [0.25, 0.3) is 0 Å². The molecule has 0 radical (unpaired) electrons. The summed E-state index contributed by atoms with van der Waals surface area (Å²) in [7, 11) is 0. The fraction of sp³-hybridized carbons (Fsp3) is 0.471. The van der Waals surface area contributed by atoms with Crippen molar-refractivity contribution in [2.24, 2.45) is 5.92 Å². The molecule has 140 valence electrons. The van der Waals surface area contributed by atoms with Gasteiger partial charge >= 0.3 is 12.2 Å². The summed E-state index contributed by atoms with van der Waals surface area (Å²) >= 11 is 0. The molecule has 2 N–H and O–H groups in total. The molecule has 0 spiro atoms. The minimum Gasteiger partial charge on any atom is -0.350 e. The summed E-state index contributed by atoms with van der Waals surface area (Å²) in [5, 5.41) is 5.07. The van der Waals surface area contributed by atoms with E-state index in [2.05, 4.69) is 10.6 Å². The second-order valence-electron chi connectivity index (χ2n) is 6.77. The maximum absolute atomic E-state index is 12.7. The third-order valence-corrected chi connectivity index (χ3v) is 4.74. The Morgan fingerprint density at radius 3 is 2.65 bits per heavy atom. The molecular formula is C17H18F3N3O3. The first-order chi connectivity index (χ1) is 12.1. The number of carbonyl (C=O) groups is 3. The number of imide groups is 1. The van der Waals surface area contributed by atoms with Crippen LogP contribution in [-0.4, -0.2) is 34.8 Å². The highest BCUT2D eigenvalue weighted by molar-refractivity contribution is 6.09. The van der Waals surface area contributed by atoms with Gasteiger partial charge in [0.2, 0.25) is 5.91 Å². The van der Waals surface area contributed by atoms with Crippen LogP contribution in [0.5, 0.6) is 0 Å². The molecule has 1 saturated carbocycles. The molecule has 1 unspecified atom stereocenters. The average Bonchev–Trinajstić information content (AvgIpc) is 3.39. The molecule has 4 amide bonds. The van der Waals surface area contributed by atoms with E-state index >= 15 is 0 Å². The summed E-state index contributed by atoms with van der Waals surface area (Å²) in [5.74, 6) is -0.984. The van der Waals surface area contributed by atoms with Gasteiger partial charge in [0.25, 0.3) is 5.91 Å². The van der Waals surface area contributed by atoms with Gasteiger partial charge in [0.15, 0.2) is 0 Å². The number of halogens is 3. The molecular weight excluding hydrogens is 351 g/mol. The second-order valence-corrected chi connectivity index (χ2v) is 6.77. The first-order valence-electron chi connectivity index (χ1n) is 8.18. The molecule has 0 aromatic heterocycles. The summed E-state index contributed by atoms with van der Waals surface area (Å²) < 4.78 is 38.1. The van der Waals surface area contributed by atoms with Gasteiger partial charge in [-0.1, -0.05) is 12.1 Å². The molecule has 0 bridgehead atoms. The molecule has 1 saturated heterocycles. The van der Waals surface area contributed by atoms with E-state index in [0.29, 0.717) is 0 Å². The largest absolute Gasteiger partial charge is 0.416 e. The monoisotopic (exact) mass is 369 g/mol. The predicted octanol–water partition coefficient (Wildman–Crippen LogP) is 2.04. The Balaban J connectivity index is 1.58. The van der Waals surface area contributed by atoms with Crippen molar-refractivity contribution >= 4 is 17.8 Å². The van der Waals surface area contributed by atoms with Crippen LogP contribution in [0, 0.1) is 5.92 Å². The van der Waals surface area contributed by atoms with Crippen molar-refractivity contribution in [2.45, 2.75) is 38.0 Å². The van der Waals surface area contributed by atoms with E-state index in [9.17, 15) is 27.6 Å². The van der Waals surface area contributed by atoms with Crippen LogP contribution in [0.15, 0.2) is 24.3 Å². The number of amides is 4. The first-order valence-corrected chi connectivity index (χ1v) is 8.18. The van der Waals surface area contributed by atoms with E-state index in [1.807, 2.05) is 0 Å². The summed E-state index contributed by atoms with van der Waals surface area (Å²) in [6.07, 6.45) is -2.77. The van der Waals surface area contributed by atoms with Crippen LogP contribution in [-0.2, 0) is 22.3 Å². The van der Waals surface area contributed by atoms with Crippen LogP contribution in [0.1, 0.15) is 30.9 Å². The van der Waals surface area contributed by atoms with Gasteiger partial charge in [0.1, 0.15) is 12.1 Å². The lowest BCUT2D eigenvalue weighted by Gasteiger charge is -2.20. The van der Waals surface area contributed by atoms with E-state index in [-0.39, 0.29) is 18.0 Å². The van der Waals surface area contributed by atoms with Crippen molar-refractivity contribution < 1.29 is 27.6 Å². The van der Waals surface area contributed by atoms with E-state index < -0.39 is 41.7 Å². The Hall–Kier alpha value is -2.58. The smallest absolute Gasteiger partial charge is 0.350 e. The summed E-state index contributed by atoms with van der Waals surface area (Å²) in [6.45, 7) is 1.05. The predicted molar refractivity (Wildman–Crippen MR) is 84.7 cm³/mol. The van der Waals surface area contributed by atoms with Gasteiger partial charge in [0.05, 0.1) is 5.56 Å². The number of alkyl halides is 3. The molecule has 1 aromatic carbocycles. The van der Waals surface area contributed by atoms with E-state index in [0.717, 1.165) is 29.9 Å². The second kappa shape index (κ2) is 6.30. The molecule has 9 heteroatoms. The standard InChI is InChI=1S/C17H18F3N3O3/c1-16(11-5-6-11)14(25)23(15(26)22-16)9-13(24)21-8-10-3-2-4-12(7-10)17(18,19)20/h2-4,7,11H,5-6,8-9H2,1H3,(H,21,24)(H,22,26). The van der Waals surface area contributed by atoms with E-state index in [1.165, 1.54) is 12.1 Å². The van der Waals surface area contributed by atoms with Crippen LogP contribution < -0.4 is 10.6 Å². The third kappa shape index (κ3) is 3.51. The molecule has 26 heavy (non-hydrogen) atoms. The van der Waals surface area contributed by atoms with Gasteiger partial charge < -0.3 is 10.6 Å². The van der Waals surface area contributed by atoms with Gasteiger partial charge in [-0.15, -0.1) is 0 Å². The Morgan fingerprint density at radius 2 is 2.04 bits per heavy atom. The summed E-state index contributed by atoms with van der Waals surface area (Å²) in [4.78, 5) is 37.3. The molecule has 2 fully saturated rings. The highest BCUT2D eigenvalue weighted by Crippen LogP contribution is 2.42. The minimum atomic E-state index is -4.46. The molecule has 1 heterocycles. The molecule has 3 rings (SSSR count). The Labute approximate surface area is 147 Å². The average molecular weight is 369 g/mol. The summed E-state index contributed by atoms with van der Waals surface area (Å²) in [5.41, 5.74) is -1.51. The Kier molecular flexibility index (Phi) is 4.41. The lowest BCUT2D eigenvalue weighted by atomic mass is 9.96. The van der Waals surface area contributed by atoms with Crippen LogP contribution >= 0.6 is 0 Å². The molecule has 2 aliphatic rings. The van der Waals surface area contributed by atoms with Crippen molar-refractivity contribution in [3.05, 3.63) is 35.4 Å².